The first kappa shape index (κ1) is 13.5. The molecule has 3 N–H and O–H groups in total. The van der Waals surface area contributed by atoms with Crippen molar-refractivity contribution in [1.29, 1.82) is 0 Å². The van der Waals surface area contributed by atoms with Gasteiger partial charge in [0.05, 0.1) is 11.7 Å². The number of carbonyl (C=O) groups is 1. The molecule has 2 aliphatic rings. The van der Waals surface area contributed by atoms with Gasteiger partial charge in [-0.15, -0.1) is 0 Å². The summed E-state index contributed by atoms with van der Waals surface area (Å²) in [4.78, 5) is 11.4. The number of hydrogen-bond donors (Lipinski definition) is 3. The Labute approximate surface area is 128 Å². The zero-order valence-electron chi connectivity index (χ0n) is 12.3. The third kappa shape index (κ3) is 1.88. The highest BCUT2D eigenvalue weighted by molar-refractivity contribution is 5.75. The molecule has 0 radical (unpaired) electrons. The number of rotatable bonds is 2. The third-order valence-electron chi connectivity index (χ3n) is 4.80. The molecule has 0 amide bonds. The molecular formula is C16H18N4O2. The lowest BCUT2D eigenvalue weighted by Gasteiger charge is -2.27. The van der Waals surface area contributed by atoms with E-state index in [-0.39, 0.29) is 12.0 Å². The fourth-order valence-corrected chi connectivity index (χ4v) is 3.76. The molecule has 0 saturated carbocycles. The molecule has 4 rings (SSSR count). The first-order chi connectivity index (χ1) is 10.7. The number of nitrogens with one attached hydrogen (secondary N) is 2. The van der Waals surface area contributed by atoms with Crippen molar-refractivity contribution in [2.24, 2.45) is 13.0 Å². The topological polar surface area (TPSA) is 79.2 Å². The van der Waals surface area contributed by atoms with E-state index < -0.39 is 12.0 Å². The minimum atomic E-state index is -0.798. The van der Waals surface area contributed by atoms with Gasteiger partial charge in [0.25, 0.3) is 0 Å². The van der Waals surface area contributed by atoms with Crippen molar-refractivity contribution in [2.45, 2.75) is 24.9 Å². The fourth-order valence-electron chi connectivity index (χ4n) is 3.76. The number of hydrogen-bond acceptors (Lipinski definition) is 4. The van der Waals surface area contributed by atoms with Crippen molar-refractivity contribution in [2.75, 3.05) is 0 Å². The van der Waals surface area contributed by atoms with Crippen LogP contribution in [-0.2, 0) is 18.3 Å². The van der Waals surface area contributed by atoms with Crippen molar-refractivity contribution in [3.8, 4) is 11.3 Å². The molecular weight excluding hydrogens is 280 g/mol. The molecule has 3 unspecified atom stereocenters. The van der Waals surface area contributed by atoms with Gasteiger partial charge in [-0.05, 0) is 12.8 Å². The summed E-state index contributed by atoms with van der Waals surface area (Å²) in [7, 11) is 1.96. The van der Waals surface area contributed by atoms with Gasteiger partial charge in [-0.3, -0.25) is 9.48 Å². The average molecular weight is 298 g/mol. The standard InChI is InChI=1S/C16H18N4O2/c1-20-11-8-7-10-14(17-18-15(10)16(21)22)12(11)13(19-20)9-5-3-2-4-6-9/h2-6,10,14-15,17-18H,7-8H2,1H3,(H,21,22). The molecule has 1 aliphatic carbocycles. The molecule has 22 heavy (non-hydrogen) atoms. The summed E-state index contributed by atoms with van der Waals surface area (Å²) in [6.45, 7) is 0. The zero-order chi connectivity index (χ0) is 15.3. The Morgan fingerprint density at radius 3 is 2.82 bits per heavy atom. The predicted molar refractivity (Wildman–Crippen MR) is 80.9 cm³/mol. The highest BCUT2D eigenvalue weighted by Crippen LogP contribution is 2.43. The summed E-state index contributed by atoms with van der Waals surface area (Å²) >= 11 is 0. The molecule has 2 heterocycles. The van der Waals surface area contributed by atoms with Gasteiger partial charge < -0.3 is 5.11 Å². The Morgan fingerprint density at radius 1 is 1.32 bits per heavy atom. The van der Waals surface area contributed by atoms with Crippen LogP contribution in [0, 0.1) is 5.92 Å². The summed E-state index contributed by atoms with van der Waals surface area (Å²) in [5, 5.41) is 14.1. The Hall–Kier alpha value is -2.18. The Balaban J connectivity index is 1.82. The van der Waals surface area contributed by atoms with Crippen molar-refractivity contribution in [3.05, 3.63) is 41.6 Å². The van der Waals surface area contributed by atoms with E-state index in [4.69, 9.17) is 5.10 Å². The van der Waals surface area contributed by atoms with Gasteiger partial charge in [0.15, 0.2) is 0 Å². The van der Waals surface area contributed by atoms with Crippen LogP contribution in [0.15, 0.2) is 30.3 Å². The van der Waals surface area contributed by atoms with Crippen molar-refractivity contribution >= 4 is 5.97 Å². The second-order valence-electron chi connectivity index (χ2n) is 5.98. The Morgan fingerprint density at radius 2 is 2.09 bits per heavy atom. The van der Waals surface area contributed by atoms with Crippen LogP contribution in [0.5, 0.6) is 0 Å². The number of aryl methyl sites for hydroxylation is 1. The molecule has 3 atom stereocenters. The van der Waals surface area contributed by atoms with E-state index in [2.05, 4.69) is 10.9 Å². The number of fused-ring (bicyclic) bond motifs is 3. The van der Waals surface area contributed by atoms with Gasteiger partial charge in [-0.1, -0.05) is 30.3 Å². The number of nitrogens with zero attached hydrogens (tertiary/aromatic N) is 2. The van der Waals surface area contributed by atoms with E-state index >= 15 is 0 Å². The Kier molecular flexibility index (Phi) is 3.02. The second kappa shape index (κ2) is 4.93. The molecule has 1 saturated heterocycles. The molecule has 1 aromatic heterocycles. The third-order valence-corrected chi connectivity index (χ3v) is 4.80. The minimum Gasteiger partial charge on any atom is -0.480 e. The van der Waals surface area contributed by atoms with Crippen LogP contribution in [-0.4, -0.2) is 26.9 Å². The van der Waals surface area contributed by atoms with Crippen molar-refractivity contribution < 1.29 is 9.90 Å². The molecule has 1 aliphatic heterocycles. The number of aromatic nitrogens is 2. The summed E-state index contributed by atoms with van der Waals surface area (Å²) in [5.41, 5.74) is 10.5. The number of aliphatic carboxylic acids is 1. The number of hydrazine groups is 1. The fraction of sp³-hybridized carbons (Fsp3) is 0.375. The SMILES string of the molecule is Cn1nc(-c2ccccc2)c2c1CCC1C(C(=O)O)NNC21. The van der Waals surface area contributed by atoms with E-state index in [0.717, 1.165) is 29.7 Å². The number of benzene rings is 1. The molecule has 1 aromatic carbocycles. The zero-order valence-corrected chi connectivity index (χ0v) is 12.3. The lowest BCUT2D eigenvalue weighted by atomic mass is 9.79. The average Bonchev–Trinajstić information content (AvgIpc) is 3.09. The van der Waals surface area contributed by atoms with E-state index in [1.807, 2.05) is 42.1 Å². The van der Waals surface area contributed by atoms with Gasteiger partial charge in [-0.25, -0.2) is 10.9 Å². The molecule has 0 spiro atoms. The van der Waals surface area contributed by atoms with Gasteiger partial charge in [-0.2, -0.15) is 5.10 Å². The summed E-state index contributed by atoms with van der Waals surface area (Å²) in [6, 6.07) is 9.52. The predicted octanol–water partition coefficient (Wildman–Crippen LogP) is 1.25. The molecule has 0 bridgehead atoms. The maximum Gasteiger partial charge on any atom is 0.322 e. The quantitative estimate of drug-likeness (QED) is 0.777. The van der Waals surface area contributed by atoms with Gasteiger partial charge >= 0.3 is 5.97 Å². The van der Waals surface area contributed by atoms with E-state index in [0.29, 0.717) is 0 Å². The first-order valence-corrected chi connectivity index (χ1v) is 7.52. The van der Waals surface area contributed by atoms with Crippen LogP contribution in [0.25, 0.3) is 11.3 Å². The molecule has 6 nitrogen and oxygen atoms in total. The van der Waals surface area contributed by atoms with Crippen LogP contribution in [0.1, 0.15) is 23.7 Å². The summed E-state index contributed by atoms with van der Waals surface area (Å²) < 4.78 is 1.93. The van der Waals surface area contributed by atoms with E-state index in [1.54, 1.807) is 0 Å². The van der Waals surface area contributed by atoms with Crippen LogP contribution in [0.3, 0.4) is 0 Å². The highest BCUT2D eigenvalue weighted by atomic mass is 16.4. The molecule has 2 aromatic rings. The van der Waals surface area contributed by atoms with Crippen LogP contribution < -0.4 is 10.9 Å². The maximum atomic E-state index is 11.4. The lowest BCUT2D eigenvalue weighted by Crippen LogP contribution is -2.38. The summed E-state index contributed by atoms with van der Waals surface area (Å²) in [5.74, 6) is -0.745. The van der Waals surface area contributed by atoms with Crippen LogP contribution >= 0.6 is 0 Å². The molecule has 114 valence electrons. The first-order valence-electron chi connectivity index (χ1n) is 7.52. The smallest absolute Gasteiger partial charge is 0.322 e. The van der Waals surface area contributed by atoms with Gasteiger partial charge in [0, 0.05) is 29.8 Å². The highest BCUT2D eigenvalue weighted by Gasteiger charge is 2.45. The van der Waals surface area contributed by atoms with Gasteiger partial charge in [0.2, 0.25) is 0 Å². The van der Waals surface area contributed by atoms with E-state index in [9.17, 15) is 9.90 Å². The van der Waals surface area contributed by atoms with Crippen molar-refractivity contribution in [1.82, 2.24) is 20.6 Å². The Bertz CT molecular complexity index is 725. The van der Waals surface area contributed by atoms with Crippen LogP contribution in [0.4, 0.5) is 0 Å². The normalized spacial score (nSPS) is 26.5. The number of carboxylic acids is 1. The molecule has 1 fully saturated rings. The van der Waals surface area contributed by atoms with Gasteiger partial charge in [0.1, 0.15) is 6.04 Å². The number of carboxylic acid groups (broad SMARTS) is 1. The maximum absolute atomic E-state index is 11.4. The summed E-state index contributed by atoms with van der Waals surface area (Å²) in [6.07, 6.45) is 1.71. The van der Waals surface area contributed by atoms with E-state index in [1.165, 1.54) is 5.69 Å². The monoisotopic (exact) mass is 298 g/mol. The molecule has 6 heteroatoms. The largest absolute Gasteiger partial charge is 0.480 e. The second-order valence-corrected chi connectivity index (χ2v) is 5.98. The van der Waals surface area contributed by atoms with Crippen molar-refractivity contribution in [3.63, 3.8) is 0 Å². The lowest BCUT2D eigenvalue weighted by molar-refractivity contribution is -0.140. The van der Waals surface area contributed by atoms with Crippen LogP contribution in [0.2, 0.25) is 0 Å². The minimum absolute atomic E-state index is 0.00578.